The minimum Gasteiger partial charge on any atom is -0.486 e. The molecule has 0 saturated carbocycles. The van der Waals surface area contributed by atoms with Crippen LogP contribution in [-0.2, 0) is 17.9 Å². The fraction of sp³-hybridized carbons (Fsp3) is 0.400. The predicted octanol–water partition coefficient (Wildman–Crippen LogP) is 1.51. The molecule has 0 N–H and O–H groups in total. The monoisotopic (exact) mass is 376 g/mol. The van der Waals surface area contributed by atoms with Gasteiger partial charge in [0.15, 0.2) is 10.8 Å². The van der Waals surface area contributed by atoms with E-state index in [-0.39, 0.29) is 12.3 Å². The Balaban J connectivity index is 1.41. The molecule has 1 fully saturated rings. The van der Waals surface area contributed by atoms with E-state index in [2.05, 4.69) is 20.2 Å². The van der Waals surface area contributed by atoms with E-state index in [0.29, 0.717) is 12.3 Å². The van der Waals surface area contributed by atoms with Crippen molar-refractivity contribution in [2.24, 2.45) is 0 Å². The van der Waals surface area contributed by atoms with Crippen molar-refractivity contribution in [3.05, 3.63) is 45.2 Å². The molecule has 0 bridgehead atoms. The molecular weight excluding hydrogens is 360 g/mol. The fourth-order valence-corrected chi connectivity index (χ4v) is 3.39. The molecule has 0 radical (unpaired) electrons. The minimum absolute atomic E-state index is 0.0314. The molecule has 26 heavy (non-hydrogen) atoms. The summed E-state index contributed by atoms with van der Waals surface area (Å²) in [6.45, 7) is 4.14. The van der Waals surface area contributed by atoms with Gasteiger partial charge >= 0.3 is 0 Å². The summed E-state index contributed by atoms with van der Waals surface area (Å²) in [5, 5.41) is 24.3. The molecule has 1 saturated heterocycles. The third kappa shape index (κ3) is 3.64. The van der Waals surface area contributed by atoms with E-state index in [4.69, 9.17) is 9.47 Å². The van der Waals surface area contributed by atoms with Crippen molar-refractivity contribution in [3.63, 3.8) is 0 Å². The van der Waals surface area contributed by atoms with Gasteiger partial charge in [-0.3, -0.25) is 15.0 Å². The first-order valence-electron chi connectivity index (χ1n) is 8.06. The van der Waals surface area contributed by atoms with Crippen molar-refractivity contribution in [1.29, 1.82) is 0 Å². The lowest BCUT2D eigenvalue weighted by atomic mass is 10.3. The molecule has 1 aliphatic rings. The molecule has 3 heterocycles. The zero-order chi connectivity index (χ0) is 17.9. The van der Waals surface area contributed by atoms with E-state index in [0.717, 1.165) is 42.1 Å². The van der Waals surface area contributed by atoms with Gasteiger partial charge in [0.25, 0.3) is 5.69 Å². The van der Waals surface area contributed by atoms with Gasteiger partial charge in [0.1, 0.15) is 12.4 Å². The van der Waals surface area contributed by atoms with Crippen molar-refractivity contribution >= 4 is 22.0 Å². The molecule has 1 aromatic carbocycles. The maximum Gasteiger partial charge on any atom is 0.269 e. The first kappa shape index (κ1) is 16.8. The van der Waals surface area contributed by atoms with Crippen LogP contribution in [-0.4, -0.2) is 55.9 Å². The van der Waals surface area contributed by atoms with Crippen LogP contribution in [0.4, 0.5) is 5.69 Å². The third-order valence-electron chi connectivity index (χ3n) is 3.98. The Bertz CT molecular complexity index is 903. The largest absolute Gasteiger partial charge is 0.486 e. The molecule has 0 amide bonds. The standard InChI is InChI=1S/C15H16N6O4S/c22-21(23)11-1-3-12(4-2-11)25-10-14-18-20-13(16-17-15(20)26-14)9-19-5-7-24-8-6-19/h1-4H,5-10H2. The molecule has 0 unspecified atom stereocenters. The molecular formula is C15H16N6O4S. The number of morpholine rings is 1. The first-order valence-corrected chi connectivity index (χ1v) is 8.88. The van der Waals surface area contributed by atoms with Gasteiger partial charge in [0.2, 0.25) is 4.96 Å². The van der Waals surface area contributed by atoms with E-state index in [1.54, 1.807) is 16.6 Å². The quantitative estimate of drug-likeness (QED) is 0.470. The number of nitro groups is 1. The van der Waals surface area contributed by atoms with Crippen molar-refractivity contribution in [2.45, 2.75) is 13.2 Å². The summed E-state index contributed by atoms with van der Waals surface area (Å²) in [6.07, 6.45) is 0. The maximum atomic E-state index is 10.7. The molecule has 0 aliphatic carbocycles. The van der Waals surface area contributed by atoms with Gasteiger partial charge in [-0.2, -0.15) is 9.61 Å². The number of aromatic nitrogens is 4. The number of hydrogen-bond acceptors (Lipinski definition) is 9. The Kier molecular flexibility index (Phi) is 4.73. The van der Waals surface area contributed by atoms with Gasteiger partial charge in [0, 0.05) is 25.2 Å². The van der Waals surface area contributed by atoms with Crippen LogP contribution in [0.25, 0.3) is 4.96 Å². The predicted molar refractivity (Wildman–Crippen MR) is 92.2 cm³/mol. The fourth-order valence-electron chi connectivity index (χ4n) is 2.62. The van der Waals surface area contributed by atoms with Gasteiger partial charge in [-0.15, -0.1) is 10.2 Å². The average Bonchev–Trinajstić information content (AvgIpc) is 3.23. The van der Waals surface area contributed by atoms with Crippen LogP contribution in [0.5, 0.6) is 5.75 Å². The number of fused-ring (bicyclic) bond motifs is 1. The number of nitro benzene ring substituents is 1. The third-order valence-corrected chi connectivity index (χ3v) is 4.85. The highest BCUT2D eigenvalue weighted by Gasteiger charge is 2.17. The summed E-state index contributed by atoms with van der Waals surface area (Å²) in [4.78, 5) is 13.2. The van der Waals surface area contributed by atoms with Gasteiger partial charge in [0.05, 0.1) is 24.7 Å². The lowest BCUT2D eigenvalue weighted by molar-refractivity contribution is -0.384. The Labute approximate surface area is 152 Å². The number of hydrogen-bond donors (Lipinski definition) is 0. The number of ether oxygens (including phenoxy) is 2. The van der Waals surface area contributed by atoms with E-state index < -0.39 is 4.92 Å². The summed E-state index contributed by atoms with van der Waals surface area (Å²) in [5.74, 6) is 1.34. The van der Waals surface area contributed by atoms with Gasteiger partial charge in [-0.25, -0.2) is 0 Å². The maximum absolute atomic E-state index is 10.7. The normalized spacial score (nSPS) is 15.4. The first-order chi connectivity index (χ1) is 12.7. The number of rotatable bonds is 6. The lowest BCUT2D eigenvalue weighted by Crippen LogP contribution is -2.36. The number of nitrogens with zero attached hydrogens (tertiary/aromatic N) is 6. The van der Waals surface area contributed by atoms with Gasteiger partial charge in [-0.1, -0.05) is 11.3 Å². The smallest absolute Gasteiger partial charge is 0.269 e. The average molecular weight is 376 g/mol. The molecule has 4 rings (SSSR count). The van der Waals surface area contributed by atoms with E-state index in [1.165, 1.54) is 23.5 Å². The van der Waals surface area contributed by atoms with E-state index in [1.807, 2.05) is 0 Å². The molecule has 3 aromatic rings. The molecule has 0 atom stereocenters. The molecule has 11 heteroatoms. The summed E-state index contributed by atoms with van der Waals surface area (Å²) in [5.41, 5.74) is 0.0314. The zero-order valence-electron chi connectivity index (χ0n) is 13.8. The van der Waals surface area contributed by atoms with Crippen LogP contribution >= 0.6 is 11.3 Å². The van der Waals surface area contributed by atoms with Crippen LogP contribution in [0.3, 0.4) is 0 Å². The molecule has 1 aliphatic heterocycles. The molecule has 10 nitrogen and oxygen atoms in total. The lowest BCUT2D eigenvalue weighted by Gasteiger charge is -2.25. The second-order valence-electron chi connectivity index (χ2n) is 5.73. The highest BCUT2D eigenvalue weighted by atomic mass is 32.1. The number of benzene rings is 1. The second kappa shape index (κ2) is 7.32. The van der Waals surface area contributed by atoms with E-state index >= 15 is 0 Å². The van der Waals surface area contributed by atoms with Crippen molar-refractivity contribution < 1.29 is 14.4 Å². The Hall–Kier alpha value is -2.63. The summed E-state index contributed by atoms with van der Waals surface area (Å²) >= 11 is 1.41. The molecule has 136 valence electrons. The van der Waals surface area contributed by atoms with E-state index in [9.17, 15) is 10.1 Å². The molecule has 2 aromatic heterocycles. The summed E-state index contributed by atoms with van der Waals surface area (Å²) in [6, 6.07) is 5.97. The van der Waals surface area contributed by atoms with Crippen LogP contribution in [0, 0.1) is 10.1 Å². The van der Waals surface area contributed by atoms with Crippen molar-refractivity contribution in [2.75, 3.05) is 26.3 Å². The van der Waals surface area contributed by atoms with Crippen LogP contribution < -0.4 is 4.74 Å². The molecule has 0 spiro atoms. The minimum atomic E-state index is -0.442. The van der Waals surface area contributed by atoms with Gasteiger partial charge < -0.3 is 9.47 Å². The Morgan fingerprint density at radius 2 is 2.00 bits per heavy atom. The van der Waals surface area contributed by atoms with Crippen LogP contribution in [0.1, 0.15) is 10.8 Å². The highest BCUT2D eigenvalue weighted by Crippen LogP contribution is 2.20. The van der Waals surface area contributed by atoms with Crippen LogP contribution in [0.2, 0.25) is 0 Å². The SMILES string of the molecule is O=[N+]([O-])c1ccc(OCc2nn3c(CN4CCOCC4)nnc3s2)cc1. The van der Waals surface area contributed by atoms with Gasteiger partial charge in [-0.05, 0) is 12.1 Å². The number of non-ortho nitro benzene ring substituents is 1. The second-order valence-corrected chi connectivity index (χ2v) is 6.78. The van der Waals surface area contributed by atoms with Crippen molar-refractivity contribution in [1.82, 2.24) is 24.7 Å². The van der Waals surface area contributed by atoms with Crippen molar-refractivity contribution in [3.8, 4) is 5.75 Å². The zero-order valence-corrected chi connectivity index (χ0v) is 14.6. The van der Waals surface area contributed by atoms with Crippen LogP contribution in [0.15, 0.2) is 24.3 Å². The summed E-state index contributed by atoms with van der Waals surface area (Å²) < 4.78 is 12.8. The highest BCUT2D eigenvalue weighted by molar-refractivity contribution is 7.16. The Morgan fingerprint density at radius 3 is 2.73 bits per heavy atom. The Morgan fingerprint density at radius 1 is 1.23 bits per heavy atom. The topological polar surface area (TPSA) is 108 Å². The summed E-state index contributed by atoms with van der Waals surface area (Å²) in [7, 11) is 0.